The van der Waals surface area contributed by atoms with Gasteiger partial charge in [-0.05, 0) is 13.8 Å². The van der Waals surface area contributed by atoms with E-state index in [0.29, 0.717) is 0 Å². The van der Waals surface area contributed by atoms with Crippen LogP contribution in [0.3, 0.4) is 0 Å². The summed E-state index contributed by atoms with van der Waals surface area (Å²) in [5, 5.41) is 150. The van der Waals surface area contributed by atoms with Crippen molar-refractivity contribution in [3.8, 4) is 0 Å². The molecule has 5 aliphatic rings. The zero-order valence-corrected chi connectivity index (χ0v) is 30.9. The number of hydrogen-bond acceptors (Lipinski definition) is 24. The molecular formula is C32H55NO24. The minimum Gasteiger partial charge on any atom is -0.394 e. The Balaban J connectivity index is 1.52. The standard InChI is InChI=1S/C32H55NO24/c1-7-14(38)24(54-30-22(46)20(44)17(41)11(5-35)52-30)26(28(48)49-7)56-32-27(57-29-13(33-9(3)37)19(43)16(40)10(4-34)51-29)25(15(39)8(2)50-32)55-31-23(47)21(45)18(42)12(6-36)53-31/h7-8,10-32,34-36,38-48H,4-6H2,1-3H3,(H,33,37)/t7-,8-,10+,11+,12+,13+,14-,15-,16+,17+,18+,19+,20-,21-,22+,23+,24+,25+,26+,27+,28+,29-,30+,31+,32-/m0/s1. The van der Waals surface area contributed by atoms with Crippen molar-refractivity contribution in [1.82, 2.24) is 5.32 Å². The molecule has 5 heterocycles. The van der Waals surface area contributed by atoms with Crippen molar-refractivity contribution in [2.75, 3.05) is 19.8 Å². The second-order valence-corrected chi connectivity index (χ2v) is 14.7. The quantitative estimate of drug-likeness (QED) is 0.0867. The fourth-order valence-electron chi connectivity index (χ4n) is 7.26. The molecule has 25 nitrogen and oxygen atoms in total. The Labute approximate surface area is 324 Å². The normalized spacial score (nSPS) is 52.3. The van der Waals surface area contributed by atoms with E-state index < -0.39 is 179 Å². The zero-order chi connectivity index (χ0) is 42.2. The molecule has 0 saturated carbocycles. The lowest BCUT2D eigenvalue weighted by Crippen LogP contribution is -2.69. The molecule has 0 unspecified atom stereocenters. The smallest absolute Gasteiger partial charge is 0.217 e. The van der Waals surface area contributed by atoms with Crippen LogP contribution in [0.2, 0.25) is 0 Å². The van der Waals surface area contributed by atoms with E-state index in [1.165, 1.54) is 13.8 Å². The summed E-state index contributed by atoms with van der Waals surface area (Å²) in [6.07, 6.45) is -42.6. The summed E-state index contributed by atoms with van der Waals surface area (Å²) in [6, 6.07) is -1.61. The highest BCUT2D eigenvalue weighted by Gasteiger charge is 2.57. The van der Waals surface area contributed by atoms with Gasteiger partial charge in [0.25, 0.3) is 0 Å². The van der Waals surface area contributed by atoms with Crippen LogP contribution < -0.4 is 5.32 Å². The van der Waals surface area contributed by atoms with E-state index in [1.54, 1.807) is 0 Å². The first-order chi connectivity index (χ1) is 26.8. The number of carbonyl (C=O) groups excluding carboxylic acids is 1. The topological polar surface area (TPSA) is 395 Å². The maximum Gasteiger partial charge on any atom is 0.217 e. The van der Waals surface area contributed by atoms with Crippen molar-refractivity contribution in [3.05, 3.63) is 0 Å². The van der Waals surface area contributed by atoms with Gasteiger partial charge in [0, 0.05) is 6.92 Å². The molecule has 25 heteroatoms. The molecule has 5 aliphatic heterocycles. The lowest BCUT2D eigenvalue weighted by atomic mass is 9.95. The number of aliphatic hydroxyl groups is 14. The minimum atomic E-state index is -2.02. The highest BCUT2D eigenvalue weighted by Crippen LogP contribution is 2.37. The van der Waals surface area contributed by atoms with Crippen LogP contribution in [0, 0.1) is 0 Å². The van der Waals surface area contributed by atoms with Gasteiger partial charge >= 0.3 is 0 Å². The fourth-order valence-corrected chi connectivity index (χ4v) is 7.26. The Hall–Kier alpha value is -1.45. The van der Waals surface area contributed by atoms with Gasteiger partial charge in [-0.25, -0.2) is 0 Å². The second kappa shape index (κ2) is 19.5. The highest BCUT2D eigenvalue weighted by molar-refractivity contribution is 5.73. The Kier molecular flexibility index (Phi) is 16.0. The molecule has 0 bridgehead atoms. The van der Waals surface area contributed by atoms with Gasteiger partial charge in [0.2, 0.25) is 5.91 Å². The lowest BCUT2D eigenvalue weighted by molar-refractivity contribution is -0.408. The lowest BCUT2D eigenvalue weighted by Gasteiger charge is -2.51. The average molecular weight is 838 g/mol. The Bertz CT molecular complexity index is 1290. The van der Waals surface area contributed by atoms with Gasteiger partial charge in [0.05, 0.1) is 32.0 Å². The fraction of sp³-hybridized carbons (Fsp3) is 0.969. The van der Waals surface area contributed by atoms with E-state index >= 15 is 0 Å². The van der Waals surface area contributed by atoms with E-state index in [0.717, 1.165) is 6.92 Å². The number of hydrogen-bond donors (Lipinski definition) is 15. The maximum atomic E-state index is 12.2. The largest absolute Gasteiger partial charge is 0.394 e. The molecule has 5 rings (SSSR count). The van der Waals surface area contributed by atoms with Gasteiger partial charge in [0.15, 0.2) is 31.5 Å². The summed E-state index contributed by atoms with van der Waals surface area (Å²) in [7, 11) is 0. The molecule has 25 atom stereocenters. The first-order valence-electron chi connectivity index (χ1n) is 18.3. The molecular weight excluding hydrogens is 782 g/mol. The molecule has 0 aromatic carbocycles. The van der Waals surface area contributed by atoms with Crippen molar-refractivity contribution in [2.24, 2.45) is 0 Å². The minimum absolute atomic E-state index is 0.750. The van der Waals surface area contributed by atoms with Crippen LogP contribution >= 0.6 is 0 Å². The molecule has 15 N–H and O–H groups in total. The monoisotopic (exact) mass is 837 g/mol. The first-order valence-corrected chi connectivity index (χ1v) is 18.3. The van der Waals surface area contributed by atoms with Crippen LogP contribution in [-0.2, 0) is 47.4 Å². The molecule has 5 saturated heterocycles. The van der Waals surface area contributed by atoms with Gasteiger partial charge in [0.1, 0.15) is 110 Å². The van der Waals surface area contributed by atoms with Gasteiger partial charge in [-0.2, -0.15) is 0 Å². The summed E-state index contributed by atoms with van der Waals surface area (Å²) < 4.78 is 52.1. The van der Waals surface area contributed by atoms with Crippen molar-refractivity contribution in [1.29, 1.82) is 0 Å². The van der Waals surface area contributed by atoms with Crippen molar-refractivity contribution >= 4 is 5.91 Å². The summed E-state index contributed by atoms with van der Waals surface area (Å²) in [5.74, 6) is -0.750. The molecule has 332 valence electrons. The van der Waals surface area contributed by atoms with Crippen LogP contribution in [0.4, 0.5) is 0 Å². The SMILES string of the molecule is CC(=O)N[C@H]1[C@H](O[C@H]2[C@H](O[C@@H]3[C@H](O[C@H]4O[C@H](CO)[C@@H](O)[C@H](O)[C@H]4O)[C@@H](O)[C@H](C)O[C@H]3O)O[C@@H](C)[C@H](O)[C@H]2O[C@H]2O[C@H](CO)[C@@H](O)[C@H](O)[C@H]2O)O[C@H](CO)[C@@H](O)[C@@H]1O. The predicted molar refractivity (Wildman–Crippen MR) is 175 cm³/mol. The van der Waals surface area contributed by atoms with Crippen LogP contribution in [0.15, 0.2) is 0 Å². The Morgan fingerprint density at radius 2 is 0.842 bits per heavy atom. The third-order valence-corrected chi connectivity index (χ3v) is 10.6. The molecule has 0 aliphatic carbocycles. The molecule has 0 aromatic heterocycles. The van der Waals surface area contributed by atoms with Crippen LogP contribution in [0.25, 0.3) is 0 Å². The number of aliphatic hydroxyl groups excluding tert-OH is 14. The molecule has 57 heavy (non-hydrogen) atoms. The summed E-state index contributed by atoms with van der Waals surface area (Å²) in [6.45, 7) is 1.13. The highest BCUT2D eigenvalue weighted by atomic mass is 16.8. The number of amides is 1. The van der Waals surface area contributed by atoms with Crippen LogP contribution in [0.1, 0.15) is 20.8 Å². The molecule has 0 spiro atoms. The van der Waals surface area contributed by atoms with E-state index in [1.807, 2.05) is 0 Å². The molecule has 0 radical (unpaired) electrons. The Morgan fingerprint density at radius 3 is 1.30 bits per heavy atom. The molecule has 5 fully saturated rings. The van der Waals surface area contributed by atoms with Gasteiger partial charge < -0.3 is 119 Å². The maximum absolute atomic E-state index is 12.2. The van der Waals surface area contributed by atoms with Gasteiger partial charge in [-0.1, -0.05) is 0 Å². The summed E-state index contributed by atoms with van der Waals surface area (Å²) in [5.41, 5.74) is 0. The molecule has 1 amide bonds. The third-order valence-electron chi connectivity index (χ3n) is 10.6. The van der Waals surface area contributed by atoms with Crippen molar-refractivity contribution in [3.63, 3.8) is 0 Å². The zero-order valence-electron chi connectivity index (χ0n) is 30.9. The van der Waals surface area contributed by atoms with E-state index in [2.05, 4.69) is 5.32 Å². The summed E-state index contributed by atoms with van der Waals surface area (Å²) in [4.78, 5) is 12.2. The Morgan fingerprint density at radius 1 is 0.456 bits per heavy atom. The van der Waals surface area contributed by atoms with Crippen LogP contribution in [0.5, 0.6) is 0 Å². The third kappa shape index (κ3) is 9.71. The van der Waals surface area contributed by atoms with E-state index in [9.17, 15) is 76.3 Å². The first kappa shape index (κ1) is 46.6. The van der Waals surface area contributed by atoms with E-state index in [-0.39, 0.29) is 0 Å². The predicted octanol–water partition coefficient (Wildman–Crippen LogP) is -9.73. The average Bonchev–Trinajstić information content (AvgIpc) is 3.17. The number of ether oxygens (including phenoxy) is 9. The van der Waals surface area contributed by atoms with Crippen molar-refractivity contribution < 1.29 is 119 Å². The van der Waals surface area contributed by atoms with Gasteiger partial charge in [-0.3, -0.25) is 4.79 Å². The van der Waals surface area contributed by atoms with Crippen LogP contribution in [-0.4, -0.2) is 251 Å². The van der Waals surface area contributed by atoms with Crippen molar-refractivity contribution in [2.45, 2.75) is 174 Å². The number of rotatable bonds is 12. The van der Waals surface area contributed by atoms with Gasteiger partial charge in [-0.15, -0.1) is 0 Å². The second-order valence-electron chi connectivity index (χ2n) is 14.7. The number of carbonyl (C=O) groups is 1. The molecule has 0 aromatic rings. The summed E-state index contributed by atoms with van der Waals surface area (Å²) >= 11 is 0. The number of nitrogens with one attached hydrogen (secondary N) is 1. The van der Waals surface area contributed by atoms with E-state index in [4.69, 9.17) is 42.6 Å².